The Morgan fingerprint density at radius 3 is 2.94 bits per heavy atom. The second kappa shape index (κ2) is 6.42. The second-order valence-electron chi connectivity index (χ2n) is 3.50. The van der Waals surface area contributed by atoms with E-state index in [0.29, 0.717) is 12.2 Å². The van der Waals surface area contributed by atoms with E-state index in [-0.39, 0.29) is 23.1 Å². The lowest BCUT2D eigenvalue weighted by Gasteiger charge is -2.08. The number of amidine groups is 1. The number of nitro groups is 1. The average molecular weight is 291 g/mol. The van der Waals surface area contributed by atoms with E-state index in [1.165, 1.54) is 6.07 Å². The summed E-state index contributed by atoms with van der Waals surface area (Å²) in [5.41, 5.74) is 0.440. The predicted octanol–water partition coefficient (Wildman–Crippen LogP) is 2.08. The smallest absolute Gasteiger partial charge is 0.289 e. The minimum absolute atomic E-state index is 0. The fourth-order valence-corrected chi connectivity index (χ4v) is 1.80. The van der Waals surface area contributed by atoms with Crippen molar-refractivity contribution in [3.05, 3.63) is 33.3 Å². The Hall–Kier alpha value is -1.53. The Bertz CT molecular complexity index is 479. The number of aliphatic imine (C=N–C) groups is 1. The summed E-state index contributed by atoms with van der Waals surface area (Å²) in [6.45, 7) is 2.08. The normalized spacial score (nSPS) is 13.3. The van der Waals surface area contributed by atoms with Crippen molar-refractivity contribution in [2.45, 2.75) is 0 Å². The van der Waals surface area contributed by atoms with Crippen molar-refractivity contribution in [2.75, 3.05) is 25.0 Å². The number of anilines is 1. The van der Waals surface area contributed by atoms with Crippen LogP contribution in [0.1, 0.15) is 0 Å². The Kier molecular flexibility index (Phi) is 5.18. The van der Waals surface area contributed by atoms with Gasteiger partial charge in [0.15, 0.2) is 0 Å². The molecule has 0 saturated carbocycles. The van der Waals surface area contributed by atoms with E-state index >= 15 is 0 Å². The Morgan fingerprint density at radius 1 is 1.56 bits per heavy atom. The third-order valence-corrected chi connectivity index (χ3v) is 2.76. The largest absolute Gasteiger partial charge is 0.376 e. The second-order valence-corrected chi connectivity index (χ2v) is 3.88. The lowest BCUT2D eigenvalue weighted by Crippen LogP contribution is -2.26. The van der Waals surface area contributed by atoms with Crippen LogP contribution in [0.2, 0.25) is 5.02 Å². The summed E-state index contributed by atoms with van der Waals surface area (Å²) >= 11 is 5.92. The van der Waals surface area contributed by atoms with Gasteiger partial charge in [-0.25, -0.2) is 0 Å². The Morgan fingerprint density at radius 2 is 2.33 bits per heavy atom. The quantitative estimate of drug-likeness (QED) is 0.657. The van der Waals surface area contributed by atoms with Gasteiger partial charge in [-0.2, -0.15) is 0 Å². The molecule has 1 heterocycles. The van der Waals surface area contributed by atoms with Crippen molar-refractivity contribution in [3.63, 3.8) is 0 Å². The van der Waals surface area contributed by atoms with Gasteiger partial charge in [-0.15, -0.1) is 12.4 Å². The van der Waals surface area contributed by atoms with Crippen LogP contribution in [-0.2, 0) is 0 Å². The zero-order valence-electron chi connectivity index (χ0n) is 9.35. The number of halogens is 2. The summed E-state index contributed by atoms with van der Waals surface area (Å²) in [4.78, 5) is 14.4. The summed E-state index contributed by atoms with van der Waals surface area (Å²) in [7, 11) is 0. The Balaban J connectivity index is 0.00000162. The fourth-order valence-electron chi connectivity index (χ4n) is 1.54. The summed E-state index contributed by atoms with van der Waals surface area (Å²) in [5.74, 6) is 0.840. The SMILES string of the molecule is Cl.O=[N+]([O-])c1cccc(NCC2=NCCN2)c1Cl. The van der Waals surface area contributed by atoms with Gasteiger partial charge in [0.25, 0.3) is 5.69 Å². The minimum Gasteiger partial charge on any atom is -0.376 e. The van der Waals surface area contributed by atoms with Crippen LogP contribution < -0.4 is 10.6 Å². The minimum atomic E-state index is -0.501. The monoisotopic (exact) mass is 290 g/mol. The molecule has 0 unspecified atom stereocenters. The molecule has 0 spiro atoms. The topological polar surface area (TPSA) is 79.6 Å². The molecule has 0 fully saturated rings. The maximum Gasteiger partial charge on any atom is 0.289 e. The molecule has 1 aliphatic rings. The number of benzene rings is 1. The van der Waals surface area contributed by atoms with Crippen molar-refractivity contribution < 1.29 is 4.92 Å². The molecule has 0 atom stereocenters. The standard InChI is InChI=1S/C10H11ClN4O2.ClH/c11-10-7(2-1-3-8(10)15(16)17)14-6-9-12-4-5-13-9;/h1-3,14H,4-6H2,(H,12,13);1H. The lowest BCUT2D eigenvalue weighted by atomic mass is 10.2. The third kappa shape index (κ3) is 3.24. The first kappa shape index (κ1) is 14.5. The van der Waals surface area contributed by atoms with E-state index in [1.54, 1.807) is 12.1 Å². The van der Waals surface area contributed by atoms with Crippen molar-refractivity contribution in [3.8, 4) is 0 Å². The van der Waals surface area contributed by atoms with Crippen LogP contribution in [-0.4, -0.2) is 30.4 Å². The van der Waals surface area contributed by atoms with Gasteiger partial charge in [0.05, 0.1) is 23.7 Å². The maximum absolute atomic E-state index is 10.7. The van der Waals surface area contributed by atoms with Crippen molar-refractivity contribution in [2.24, 2.45) is 4.99 Å². The van der Waals surface area contributed by atoms with Gasteiger partial charge in [-0.3, -0.25) is 15.1 Å². The van der Waals surface area contributed by atoms with E-state index in [4.69, 9.17) is 11.6 Å². The third-order valence-electron chi connectivity index (χ3n) is 2.36. The van der Waals surface area contributed by atoms with Crippen LogP contribution in [0.15, 0.2) is 23.2 Å². The van der Waals surface area contributed by atoms with Crippen LogP contribution in [0.5, 0.6) is 0 Å². The van der Waals surface area contributed by atoms with Gasteiger partial charge in [-0.1, -0.05) is 17.7 Å². The van der Waals surface area contributed by atoms with Crippen LogP contribution in [0, 0.1) is 10.1 Å². The molecule has 2 rings (SSSR count). The van der Waals surface area contributed by atoms with Gasteiger partial charge >= 0.3 is 0 Å². The van der Waals surface area contributed by atoms with Gasteiger partial charge in [0.2, 0.25) is 0 Å². The molecule has 0 radical (unpaired) electrons. The van der Waals surface area contributed by atoms with E-state index in [1.807, 2.05) is 0 Å². The first-order valence-electron chi connectivity index (χ1n) is 5.12. The molecule has 0 bridgehead atoms. The molecule has 8 heteroatoms. The highest BCUT2D eigenvalue weighted by Gasteiger charge is 2.15. The highest BCUT2D eigenvalue weighted by atomic mass is 35.5. The molecular formula is C10H12Cl2N4O2. The lowest BCUT2D eigenvalue weighted by molar-refractivity contribution is -0.384. The number of nitrogens with zero attached hydrogens (tertiary/aromatic N) is 2. The molecule has 0 amide bonds. The number of nitrogens with one attached hydrogen (secondary N) is 2. The number of rotatable bonds is 4. The van der Waals surface area contributed by atoms with E-state index in [2.05, 4.69) is 15.6 Å². The van der Waals surface area contributed by atoms with Crippen molar-refractivity contribution in [1.29, 1.82) is 0 Å². The number of hydrogen-bond acceptors (Lipinski definition) is 5. The summed E-state index contributed by atoms with van der Waals surface area (Å²) in [5, 5.41) is 16.9. The molecule has 0 aromatic heterocycles. The number of hydrogen-bond donors (Lipinski definition) is 2. The van der Waals surface area contributed by atoms with Crippen molar-refractivity contribution >= 4 is 41.2 Å². The van der Waals surface area contributed by atoms with E-state index in [9.17, 15) is 10.1 Å². The first-order valence-corrected chi connectivity index (χ1v) is 5.50. The molecule has 18 heavy (non-hydrogen) atoms. The van der Waals surface area contributed by atoms with Gasteiger partial charge in [0, 0.05) is 12.6 Å². The molecule has 1 aromatic rings. The van der Waals surface area contributed by atoms with Crippen LogP contribution in [0.4, 0.5) is 11.4 Å². The van der Waals surface area contributed by atoms with Crippen LogP contribution >= 0.6 is 24.0 Å². The number of nitro benzene ring substituents is 1. The highest BCUT2D eigenvalue weighted by molar-refractivity contribution is 6.35. The summed E-state index contributed by atoms with van der Waals surface area (Å²) < 4.78 is 0. The first-order chi connectivity index (χ1) is 8.18. The van der Waals surface area contributed by atoms with Crippen LogP contribution in [0.3, 0.4) is 0 Å². The molecule has 0 saturated heterocycles. The van der Waals surface area contributed by atoms with E-state index < -0.39 is 4.92 Å². The van der Waals surface area contributed by atoms with Gasteiger partial charge in [-0.05, 0) is 6.07 Å². The molecule has 2 N–H and O–H groups in total. The molecule has 0 aliphatic carbocycles. The molecule has 1 aliphatic heterocycles. The van der Waals surface area contributed by atoms with E-state index in [0.717, 1.165) is 18.9 Å². The zero-order valence-corrected chi connectivity index (χ0v) is 10.9. The summed E-state index contributed by atoms with van der Waals surface area (Å²) in [6, 6.07) is 4.67. The maximum atomic E-state index is 10.7. The van der Waals surface area contributed by atoms with Gasteiger partial charge < -0.3 is 10.6 Å². The Labute approximate surface area is 115 Å². The van der Waals surface area contributed by atoms with Crippen molar-refractivity contribution in [1.82, 2.24) is 5.32 Å². The zero-order chi connectivity index (χ0) is 12.3. The average Bonchev–Trinajstić information content (AvgIpc) is 2.80. The fraction of sp³-hybridized carbons (Fsp3) is 0.300. The molecule has 98 valence electrons. The van der Waals surface area contributed by atoms with Crippen LogP contribution in [0.25, 0.3) is 0 Å². The molecular weight excluding hydrogens is 279 g/mol. The molecule has 1 aromatic carbocycles. The summed E-state index contributed by atoms with van der Waals surface area (Å²) in [6.07, 6.45) is 0. The highest BCUT2D eigenvalue weighted by Crippen LogP contribution is 2.31. The molecule has 6 nitrogen and oxygen atoms in total. The predicted molar refractivity (Wildman–Crippen MR) is 74.1 cm³/mol. The van der Waals surface area contributed by atoms with Gasteiger partial charge in [0.1, 0.15) is 10.9 Å².